The molecule has 0 saturated carbocycles. The SMILES string of the molecule is Cc1ccc(C2=NN3[C@@H](C2)c2cc(Cl)ccc2O[C@H]3c2ccc(OC(=O)c3ccccc3)cc2)o1. The Morgan fingerprint density at radius 1 is 1.03 bits per heavy atom. The first kappa shape index (κ1) is 21.5. The van der Waals surface area contributed by atoms with Crippen molar-refractivity contribution in [1.29, 1.82) is 0 Å². The molecule has 6 rings (SSSR count). The molecule has 0 amide bonds. The second-order valence-electron chi connectivity index (χ2n) is 8.53. The summed E-state index contributed by atoms with van der Waals surface area (Å²) in [6.07, 6.45) is 0.216. The number of esters is 1. The Balaban J connectivity index is 1.30. The molecule has 7 heteroatoms. The van der Waals surface area contributed by atoms with Crippen LogP contribution in [0.1, 0.15) is 51.7 Å². The lowest BCUT2D eigenvalue weighted by Crippen LogP contribution is -2.33. The van der Waals surface area contributed by atoms with Crippen molar-refractivity contribution in [2.45, 2.75) is 25.6 Å². The Bertz CT molecular complexity index is 1430. The van der Waals surface area contributed by atoms with Crippen molar-refractivity contribution >= 4 is 23.3 Å². The molecule has 35 heavy (non-hydrogen) atoms. The molecule has 0 aliphatic carbocycles. The lowest BCUT2D eigenvalue weighted by Gasteiger charge is -2.38. The fraction of sp³-hybridized carbons (Fsp3) is 0.143. The number of carbonyl (C=O) groups is 1. The van der Waals surface area contributed by atoms with E-state index in [9.17, 15) is 4.79 Å². The Morgan fingerprint density at radius 2 is 1.83 bits per heavy atom. The summed E-state index contributed by atoms with van der Waals surface area (Å²) in [5.74, 6) is 2.42. The molecule has 4 aromatic rings. The predicted octanol–water partition coefficient (Wildman–Crippen LogP) is 6.70. The van der Waals surface area contributed by atoms with Crippen molar-refractivity contribution in [3.05, 3.63) is 118 Å². The summed E-state index contributed by atoms with van der Waals surface area (Å²) in [6, 6.07) is 25.7. The summed E-state index contributed by atoms with van der Waals surface area (Å²) in [7, 11) is 0. The molecule has 3 heterocycles. The number of carbonyl (C=O) groups excluding carboxylic acids is 1. The standard InChI is InChI=1S/C28H21ClN2O4/c1-17-7-13-26(33-17)23-16-24-22-15-20(29)10-14-25(22)35-27(31(24)30-23)18-8-11-21(12-9-18)34-28(32)19-5-3-2-4-6-19/h2-15,24,27H,16H2,1H3/t24-,27-/m0/s1. The number of aryl methyl sites for hydroxylation is 1. The van der Waals surface area contributed by atoms with E-state index in [0.29, 0.717) is 22.8 Å². The van der Waals surface area contributed by atoms with E-state index in [2.05, 4.69) is 0 Å². The van der Waals surface area contributed by atoms with Crippen LogP contribution >= 0.6 is 11.6 Å². The molecule has 0 spiro atoms. The number of hydrazone groups is 1. The number of ether oxygens (including phenoxy) is 2. The van der Waals surface area contributed by atoms with Gasteiger partial charge in [0.2, 0.25) is 6.23 Å². The number of fused-ring (bicyclic) bond motifs is 3. The fourth-order valence-corrected chi connectivity index (χ4v) is 4.64. The van der Waals surface area contributed by atoms with Crippen molar-refractivity contribution in [3.8, 4) is 11.5 Å². The Kier molecular flexibility index (Phi) is 5.30. The largest absolute Gasteiger partial charge is 0.464 e. The minimum atomic E-state index is -0.457. The number of hydrogen-bond donors (Lipinski definition) is 0. The number of nitrogens with zero attached hydrogens (tertiary/aromatic N) is 2. The van der Waals surface area contributed by atoms with E-state index < -0.39 is 12.2 Å². The van der Waals surface area contributed by atoms with Crippen LogP contribution < -0.4 is 9.47 Å². The van der Waals surface area contributed by atoms with E-state index in [4.69, 9.17) is 30.6 Å². The van der Waals surface area contributed by atoms with Gasteiger partial charge in [-0.2, -0.15) is 5.10 Å². The van der Waals surface area contributed by atoms with E-state index in [-0.39, 0.29) is 6.04 Å². The summed E-state index contributed by atoms with van der Waals surface area (Å²) in [4.78, 5) is 12.4. The van der Waals surface area contributed by atoms with Crippen LogP contribution in [0.15, 0.2) is 94.4 Å². The highest BCUT2D eigenvalue weighted by atomic mass is 35.5. The van der Waals surface area contributed by atoms with Gasteiger partial charge in [-0.25, -0.2) is 9.80 Å². The monoisotopic (exact) mass is 484 g/mol. The first-order valence-corrected chi connectivity index (χ1v) is 11.7. The number of furan rings is 1. The Hall–Kier alpha value is -4.03. The molecule has 0 N–H and O–H groups in total. The molecule has 0 saturated heterocycles. The third-order valence-corrected chi connectivity index (χ3v) is 6.40. The van der Waals surface area contributed by atoms with Gasteiger partial charge in [0.05, 0.1) is 11.6 Å². The van der Waals surface area contributed by atoms with Crippen molar-refractivity contribution in [2.24, 2.45) is 5.10 Å². The van der Waals surface area contributed by atoms with Gasteiger partial charge in [-0.1, -0.05) is 29.8 Å². The maximum absolute atomic E-state index is 12.4. The minimum absolute atomic E-state index is 0.0431. The number of hydrogen-bond acceptors (Lipinski definition) is 6. The second-order valence-corrected chi connectivity index (χ2v) is 8.97. The zero-order valence-electron chi connectivity index (χ0n) is 18.9. The van der Waals surface area contributed by atoms with Crippen LogP contribution in [-0.2, 0) is 0 Å². The smallest absolute Gasteiger partial charge is 0.343 e. The molecule has 1 aromatic heterocycles. The van der Waals surface area contributed by atoms with Crippen LogP contribution in [0, 0.1) is 6.92 Å². The van der Waals surface area contributed by atoms with Crippen LogP contribution in [0.3, 0.4) is 0 Å². The first-order valence-electron chi connectivity index (χ1n) is 11.3. The van der Waals surface area contributed by atoms with Gasteiger partial charge >= 0.3 is 5.97 Å². The molecule has 174 valence electrons. The molecule has 0 unspecified atom stereocenters. The molecule has 2 aliphatic rings. The van der Waals surface area contributed by atoms with Gasteiger partial charge in [0.1, 0.15) is 28.7 Å². The average molecular weight is 485 g/mol. The zero-order valence-corrected chi connectivity index (χ0v) is 19.6. The van der Waals surface area contributed by atoms with E-state index in [1.807, 2.05) is 60.5 Å². The second kappa shape index (κ2) is 8.64. The molecule has 3 aromatic carbocycles. The third kappa shape index (κ3) is 4.06. The van der Waals surface area contributed by atoms with Crippen LogP contribution in [0.2, 0.25) is 5.02 Å². The normalized spacial score (nSPS) is 18.3. The highest BCUT2D eigenvalue weighted by molar-refractivity contribution is 6.30. The van der Waals surface area contributed by atoms with Gasteiger partial charge in [-0.3, -0.25) is 0 Å². The van der Waals surface area contributed by atoms with Crippen molar-refractivity contribution in [2.75, 3.05) is 0 Å². The van der Waals surface area contributed by atoms with E-state index in [1.54, 1.807) is 36.4 Å². The van der Waals surface area contributed by atoms with Gasteiger partial charge in [0.25, 0.3) is 0 Å². The van der Waals surface area contributed by atoms with Crippen LogP contribution in [0.25, 0.3) is 0 Å². The summed E-state index contributed by atoms with van der Waals surface area (Å²) in [6.45, 7) is 1.92. The minimum Gasteiger partial charge on any atom is -0.464 e. The Morgan fingerprint density at radius 3 is 2.57 bits per heavy atom. The summed E-state index contributed by atoms with van der Waals surface area (Å²) in [5.41, 5.74) is 3.23. The highest BCUT2D eigenvalue weighted by Crippen LogP contribution is 2.48. The fourth-order valence-electron chi connectivity index (χ4n) is 4.46. The van der Waals surface area contributed by atoms with Gasteiger partial charge in [0.15, 0.2) is 0 Å². The van der Waals surface area contributed by atoms with E-state index in [0.717, 1.165) is 34.1 Å². The third-order valence-electron chi connectivity index (χ3n) is 6.16. The lowest BCUT2D eigenvalue weighted by atomic mass is 9.97. The quantitative estimate of drug-likeness (QED) is 0.238. The summed E-state index contributed by atoms with van der Waals surface area (Å²) >= 11 is 6.31. The molecular weight excluding hydrogens is 464 g/mol. The molecule has 2 aliphatic heterocycles. The maximum Gasteiger partial charge on any atom is 0.343 e. The topological polar surface area (TPSA) is 64.3 Å². The number of benzene rings is 3. The molecule has 6 nitrogen and oxygen atoms in total. The zero-order chi connectivity index (χ0) is 23.9. The molecule has 0 fully saturated rings. The van der Waals surface area contributed by atoms with Crippen molar-refractivity contribution < 1.29 is 18.7 Å². The summed E-state index contributed by atoms with van der Waals surface area (Å²) < 4.78 is 17.8. The van der Waals surface area contributed by atoms with Crippen molar-refractivity contribution in [3.63, 3.8) is 0 Å². The van der Waals surface area contributed by atoms with Crippen LogP contribution in [0.5, 0.6) is 11.5 Å². The van der Waals surface area contributed by atoms with E-state index >= 15 is 0 Å². The molecular formula is C28H21ClN2O4. The maximum atomic E-state index is 12.4. The van der Waals surface area contributed by atoms with Gasteiger partial charge in [-0.15, -0.1) is 0 Å². The van der Waals surface area contributed by atoms with Crippen LogP contribution in [0.4, 0.5) is 0 Å². The molecule has 0 radical (unpaired) electrons. The molecule has 2 atom stereocenters. The van der Waals surface area contributed by atoms with Gasteiger partial charge < -0.3 is 13.9 Å². The Labute approximate surface area is 207 Å². The predicted molar refractivity (Wildman–Crippen MR) is 132 cm³/mol. The van der Waals surface area contributed by atoms with E-state index in [1.165, 1.54) is 0 Å². The number of rotatable bonds is 4. The lowest BCUT2D eigenvalue weighted by molar-refractivity contribution is -0.0190. The van der Waals surface area contributed by atoms with Crippen LogP contribution in [-0.4, -0.2) is 16.7 Å². The summed E-state index contributed by atoms with van der Waals surface area (Å²) in [5, 5.41) is 7.50. The first-order chi connectivity index (χ1) is 17.0. The average Bonchev–Trinajstić information content (AvgIpc) is 3.51. The highest BCUT2D eigenvalue weighted by Gasteiger charge is 2.41. The van der Waals surface area contributed by atoms with Gasteiger partial charge in [-0.05, 0) is 73.7 Å². The molecule has 0 bridgehead atoms. The number of halogens is 1. The van der Waals surface area contributed by atoms with Gasteiger partial charge in [0, 0.05) is 22.6 Å². The van der Waals surface area contributed by atoms with Crippen molar-refractivity contribution in [1.82, 2.24) is 5.01 Å².